The molecule has 0 bridgehead atoms. The number of hydrogen-bond donors (Lipinski definition) is 1. The molecule has 2 rings (SSSR count). The van der Waals surface area contributed by atoms with Crippen LogP contribution in [0.15, 0.2) is 12.2 Å². The first-order valence-corrected chi connectivity index (χ1v) is 6.67. The highest BCUT2D eigenvalue weighted by Crippen LogP contribution is 2.34. The Morgan fingerprint density at radius 3 is 2.95 bits per heavy atom. The monoisotopic (exact) mass is 263 g/mol. The van der Waals surface area contributed by atoms with Gasteiger partial charge in [0.05, 0.1) is 5.41 Å². The van der Waals surface area contributed by atoms with Gasteiger partial charge in [0.2, 0.25) is 5.91 Å². The van der Waals surface area contributed by atoms with Gasteiger partial charge in [-0.2, -0.15) is 5.21 Å². The Morgan fingerprint density at radius 2 is 2.37 bits per heavy atom. The van der Waals surface area contributed by atoms with Gasteiger partial charge >= 0.3 is 0 Å². The molecule has 1 aromatic heterocycles. The second-order valence-corrected chi connectivity index (χ2v) is 5.63. The van der Waals surface area contributed by atoms with Gasteiger partial charge in [-0.15, -0.1) is 10.2 Å². The van der Waals surface area contributed by atoms with E-state index >= 15 is 0 Å². The molecular weight excluding hydrogens is 242 g/mol. The van der Waals surface area contributed by atoms with E-state index in [1.54, 1.807) is 4.90 Å². The summed E-state index contributed by atoms with van der Waals surface area (Å²) in [6, 6.07) is 0. The molecule has 0 aromatic carbocycles. The van der Waals surface area contributed by atoms with Crippen molar-refractivity contribution in [2.75, 3.05) is 13.6 Å². The molecule has 1 amide bonds. The Kier molecular flexibility index (Phi) is 3.97. The van der Waals surface area contributed by atoms with Gasteiger partial charge in [0.15, 0.2) is 5.82 Å². The first-order valence-electron chi connectivity index (χ1n) is 6.67. The van der Waals surface area contributed by atoms with E-state index in [1.165, 1.54) is 0 Å². The van der Waals surface area contributed by atoms with Crippen molar-refractivity contribution in [1.82, 2.24) is 25.5 Å². The summed E-state index contributed by atoms with van der Waals surface area (Å²) in [6.45, 7) is 4.66. The van der Waals surface area contributed by atoms with E-state index in [9.17, 15) is 4.79 Å². The number of H-pyrrole nitrogens is 1. The molecule has 6 heteroatoms. The molecular formula is C13H21N5O. The third kappa shape index (κ3) is 3.00. The molecule has 2 atom stereocenters. The fourth-order valence-electron chi connectivity index (χ4n) is 2.57. The summed E-state index contributed by atoms with van der Waals surface area (Å²) >= 11 is 0. The Bertz CT molecular complexity index is 456. The minimum atomic E-state index is -0.263. The summed E-state index contributed by atoms with van der Waals surface area (Å²) < 4.78 is 0. The van der Waals surface area contributed by atoms with E-state index in [1.807, 2.05) is 20.9 Å². The summed E-state index contributed by atoms with van der Waals surface area (Å²) in [7, 11) is 1.85. The predicted molar refractivity (Wildman–Crippen MR) is 71.3 cm³/mol. The lowest BCUT2D eigenvalue weighted by molar-refractivity contribution is -0.140. The maximum Gasteiger partial charge on any atom is 0.228 e. The van der Waals surface area contributed by atoms with Gasteiger partial charge < -0.3 is 4.90 Å². The smallest absolute Gasteiger partial charge is 0.228 e. The number of nitrogens with zero attached hydrogens (tertiary/aromatic N) is 4. The van der Waals surface area contributed by atoms with Crippen LogP contribution in [0.5, 0.6) is 0 Å². The van der Waals surface area contributed by atoms with Crippen molar-refractivity contribution in [2.24, 2.45) is 5.41 Å². The largest absolute Gasteiger partial charge is 0.345 e. The Morgan fingerprint density at radius 1 is 1.58 bits per heavy atom. The highest BCUT2D eigenvalue weighted by molar-refractivity contribution is 5.82. The number of aromatic nitrogens is 4. The maximum absolute atomic E-state index is 12.6. The molecule has 1 heterocycles. The minimum Gasteiger partial charge on any atom is -0.345 e. The van der Waals surface area contributed by atoms with Gasteiger partial charge in [-0.3, -0.25) is 4.79 Å². The van der Waals surface area contributed by atoms with Crippen LogP contribution < -0.4 is 0 Å². The zero-order chi connectivity index (χ0) is 13.9. The zero-order valence-electron chi connectivity index (χ0n) is 11.8. The molecule has 0 spiro atoms. The number of aromatic amines is 1. The number of rotatable bonds is 4. The third-order valence-corrected chi connectivity index (χ3v) is 3.81. The molecule has 1 aliphatic rings. The van der Waals surface area contributed by atoms with Crippen molar-refractivity contribution in [2.45, 2.75) is 39.0 Å². The molecule has 0 saturated carbocycles. The summed E-state index contributed by atoms with van der Waals surface area (Å²) in [5, 5.41) is 13.9. The van der Waals surface area contributed by atoms with Crippen LogP contribution in [0.3, 0.4) is 0 Å². The van der Waals surface area contributed by atoms with Gasteiger partial charge in [0, 0.05) is 19.5 Å². The molecule has 1 N–H and O–H groups in total. The second kappa shape index (κ2) is 5.50. The number of carbonyl (C=O) groups excluding carboxylic acids is 1. The molecule has 2 unspecified atom stereocenters. The number of carbonyl (C=O) groups is 1. The predicted octanol–water partition coefficient (Wildman–Crippen LogP) is 1.51. The number of amides is 1. The molecule has 0 saturated heterocycles. The van der Waals surface area contributed by atoms with Crippen molar-refractivity contribution in [1.29, 1.82) is 0 Å². The third-order valence-electron chi connectivity index (χ3n) is 3.81. The number of hydrogen-bond acceptors (Lipinski definition) is 4. The normalized spacial score (nSPS) is 24.2. The van der Waals surface area contributed by atoms with Crippen molar-refractivity contribution in [3.63, 3.8) is 0 Å². The first kappa shape index (κ1) is 13.7. The van der Waals surface area contributed by atoms with Gasteiger partial charge in [0.1, 0.15) is 0 Å². The quantitative estimate of drug-likeness (QED) is 0.835. The standard InChI is InChI=1S/C13H21N5O/c1-10(11-14-16-17-15-11)9-18(3)12(19)13(2)7-5-4-6-8-13/h4-5,10H,6-9H2,1-3H3,(H,14,15,16,17). The van der Waals surface area contributed by atoms with Crippen LogP contribution >= 0.6 is 0 Å². The van der Waals surface area contributed by atoms with E-state index in [0.717, 1.165) is 19.3 Å². The highest BCUT2D eigenvalue weighted by atomic mass is 16.2. The number of likely N-dealkylation sites (N-methyl/N-ethyl adjacent to an activating group) is 1. The Balaban J connectivity index is 1.97. The minimum absolute atomic E-state index is 0.0791. The topological polar surface area (TPSA) is 74.8 Å². The fraction of sp³-hybridized carbons (Fsp3) is 0.692. The van der Waals surface area contributed by atoms with E-state index in [0.29, 0.717) is 12.4 Å². The van der Waals surface area contributed by atoms with E-state index in [4.69, 9.17) is 0 Å². The van der Waals surface area contributed by atoms with E-state index in [-0.39, 0.29) is 17.2 Å². The van der Waals surface area contributed by atoms with Crippen molar-refractivity contribution >= 4 is 5.91 Å². The molecule has 6 nitrogen and oxygen atoms in total. The van der Waals surface area contributed by atoms with Gasteiger partial charge in [-0.25, -0.2) is 0 Å². The zero-order valence-corrected chi connectivity index (χ0v) is 11.8. The summed E-state index contributed by atoms with van der Waals surface area (Å²) in [5.74, 6) is 0.927. The van der Waals surface area contributed by atoms with Crippen molar-refractivity contribution in [3.8, 4) is 0 Å². The summed E-state index contributed by atoms with van der Waals surface area (Å²) in [4.78, 5) is 14.3. The summed E-state index contributed by atoms with van der Waals surface area (Å²) in [5.41, 5.74) is -0.263. The van der Waals surface area contributed by atoms with Crippen LogP contribution in [0.25, 0.3) is 0 Å². The highest BCUT2D eigenvalue weighted by Gasteiger charge is 2.35. The number of tetrazole rings is 1. The molecule has 1 aliphatic carbocycles. The van der Waals surface area contributed by atoms with E-state index < -0.39 is 0 Å². The van der Waals surface area contributed by atoms with Crippen LogP contribution in [-0.4, -0.2) is 45.0 Å². The van der Waals surface area contributed by atoms with Crippen LogP contribution in [0.4, 0.5) is 0 Å². The second-order valence-electron chi connectivity index (χ2n) is 5.63. The van der Waals surface area contributed by atoms with Gasteiger partial charge in [0.25, 0.3) is 0 Å². The number of allylic oxidation sites excluding steroid dienone is 2. The van der Waals surface area contributed by atoms with Crippen LogP contribution in [0.2, 0.25) is 0 Å². The SMILES string of the molecule is CC(CN(C)C(=O)C1(C)CC=CCC1)c1nn[nH]n1. The molecule has 1 aromatic rings. The lowest BCUT2D eigenvalue weighted by atomic mass is 9.77. The summed E-state index contributed by atoms with van der Waals surface area (Å²) in [6.07, 6.45) is 6.99. The Labute approximate surface area is 113 Å². The molecule has 0 aliphatic heterocycles. The molecule has 104 valence electrons. The van der Waals surface area contributed by atoms with E-state index in [2.05, 4.69) is 32.8 Å². The average Bonchev–Trinajstić information content (AvgIpc) is 2.92. The van der Waals surface area contributed by atoms with Gasteiger partial charge in [-0.05, 0) is 19.3 Å². The Hall–Kier alpha value is -1.72. The fourth-order valence-corrected chi connectivity index (χ4v) is 2.57. The lowest BCUT2D eigenvalue weighted by Crippen LogP contribution is -2.42. The van der Waals surface area contributed by atoms with Crippen LogP contribution in [0, 0.1) is 5.41 Å². The van der Waals surface area contributed by atoms with Crippen LogP contribution in [-0.2, 0) is 4.79 Å². The molecule has 0 fully saturated rings. The first-order chi connectivity index (χ1) is 9.03. The molecule has 19 heavy (non-hydrogen) atoms. The maximum atomic E-state index is 12.6. The lowest BCUT2D eigenvalue weighted by Gasteiger charge is -2.34. The van der Waals surface area contributed by atoms with Crippen LogP contribution in [0.1, 0.15) is 44.9 Å². The van der Waals surface area contributed by atoms with Gasteiger partial charge in [-0.1, -0.05) is 31.2 Å². The van der Waals surface area contributed by atoms with Crippen molar-refractivity contribution in [3.05, 3.63) is 18.0 Å². The average molecular weight is 263 g/mol. The molecule has 0 radical (unpaired) electrons. The van der Waals surface area contributed by atoms with Crippen molar-refractivity contribution < 1.29 is 4.79 Å². The number of nitrogens with one attached hydrogen (secondary N) is 1.